The number of allylic oxidation sites excluding steroid dienone is 7. The zero-order valence-electron chi connectivity index (χ0n) is 63.1. The SMILES string of the molecule is CCCCCCC/C=C/CC/C=C/C(O)C(COC1OC(CO)C(O)C(O)C1O)NC(=O)CCCCCCCCCCCCCCCCCCC/C=C\C/C=C\CCCCCCCCCCCCCCCCCOC(=O)CCCCCCCCCCCCCCCCCCCC. The zero-order valence-corrected chi connectivity index (χ0v) is 63.1. The van der Waals surface area contributed by atoms with Crippen LogP contribution in [0.25, 0.3) is 0 Å². The highest BCUT2D eigenvalue weighted by Crippen LogP contribution is 2.24. The van der Waals surface area contributed by atoms with Gasteiger partial charge in [0.05, 0.1) is 32.0 Å². The highest BCUT2D eigenvalue weighted by atomic mass is 16.7. The van der Waals surface area contributed by atoms with Gasteiger partial charge in [0.2, 0.25) is 5.91 Å². The summed E-state index contributed by atoms with van der Waals surface area (Å²) in [6.07, 6.45) is 88.9. The molecule has 0 spiro atoms. The maximum Gasteiger partial charge on any atom is 0.305 e. The van der Waals surface area contributed by atoms with Crippen LogP contribution in [-0.2, 0) is 23.8 Å². The molecule has 6 N–H and O–H groups in total. The van der Waals surface area contributed by atoms with Crippen LogP contribution in [0, 0.1) is 0 Å². The number of carbonyl (C=O) groups excluding carboxylic acids is 2. The number of aliphatic hydroxyl groups is 5. The number of hydrogen-bond acceptors (Lipinski definition) is 10. The van der Waals surface area contributed by atoms with E-state index in [1.165, 1.54) is 334 Å². The van der Waals surface area contributed by atoms with E-state index >= 15 is 0 Å². The van der Waals surface area contributed by atoms with E-state index in [-0.39, 0.29) is 18.5 Å². The Morgan fingerprint density at radius 1 is 0.385 bits per heavy atom. The molecule has 0 aromatic heterocycles. The van der Waals surface area contributed by atoms with Gasteiger partial charge in [0, 0.05) is 12.8 Å². The molecule has 96 heavy (non-hydrogen) atoms. The number of rotatable bonds is 75. The fourth-order valence-corrected chi connectivity index (χ4v) is 13.4. The predicted octanol–water partition coefficient (Wildman–Crippen LogP) is 23.0. The smallest absolute Gasteiger partial charge is 0.305 e. The van der Waals surface area contributed by atoms with Gasteiger partial charge in [0.1, 0.15) is 24.4 Å². The number of amides is 1. The normalized spacial score (nSPS) is 17.5. The standard InChI is InChI=1S/C85H159NO10/c1-3-5-7-9-11-13-15-16-17-18-43-46-49-53-57-61-65-69-73-81(90)94-74-70-66-62-58-54-50-47-44-41-39-37-35-33-31-29-27-25-23-21-19-20-22-24-26-28-30-32-34-36-38-40-42-45-48-52-56-60-64-68-72-80(89)86-77(76-95-85-84(93)83(92)82(91)79(75-87)96-85)78(88)71-67-63-59-55-51-14-12-10-8-6-4-2/h19-20,23,25,51,55,67,71,77-79,82-85,87-88,91-93H,3-18,21-22,24,26-50,52-54,56-66,68-70,72-76H2,1-2H3,(H,86,89)/b20-19-,25-23-,55-51+,71-67+. The Labute approximate surface area is 593 Å². The van der Waals surface area contributed by atoms with Gasteiger partial charge >= 0.3 is 5.97 Å². The maximum absolute atomic E-state index is 13.1. The van der Waals surface area contributed by atoms with E-state index < -0.39 is 49.5 Å². The lowest BCUT2D eigenvalue weighted by atomic mass is 9.99. The van der Waals surface area contributed by atoms with Gasteiger partial charge in [-0.25, -0.2) is 0 Å². The monoisotopic (exact) mass is 1350 g/mol. The van der Waals surface area contributed by atoms with Crippen LogP contribution in [0.15, 0.2) is 48.6 Å². The van der Waals surface area contributed by atoms with Crippen molar-refractivity contribution < 1.29 is 49.3 Å². The molecular weight excluding hydrogens is 1190 g/mol. The lowest BCUT2D eigenvalue weighted by Gasteiger charge is -2.40. The number of ether oxygens (including phenoxy) is 3. The van der Waals surface area contributed by atoms with Gasteiger partial charge in [-0.2, -0.15) is 0 Å². The van der Waals surface area contributed by atoms with Crippen molar-refractivity contribution in [2.75, 3.05) is 19.8 Å². The Morgan fingerprint density at radius 2 is 0.708 bits per heavy atom. The quantitative estimate of drug-likeness (QED) is 0.0195. The molecule has 11 nitrogen and oxygen atoms in total. The Morgan fingerprint density at radius 3 is 1.09 bits per heavy atom. The molecule has 0 aromatic rings. The summed E-state index contributed by atoms with van der Waals surface area (Å²) in [5.41, 5.74) is 0. The van der Waals surface area contributed by atoms with Crippen molar-refractivity contribution in [3.05, 3.63) is 48.6 Å². The van der Waals surface area contributed by atoms with E-state index in [9.17, 15) is 35.1 Å². The fraction of sp³-hybridized carbons (Fsp3) is 0.882. The van der Waals surface area contributed by atoms with E-state index in [1.54, 1.807) is 6.08 Å². The number of hydrogen-bond donors (Lipinski definition) is 6. The lowest BCUT2D eigenvalue weighted by molar-refractivity contribution is -0.302. The lowest BCUT2D eigenvalue weighted by Crippen LogP contribution is -2.60. The molecular formula is C85H159NO10. The summed E-state index contributed by atoms with van der Waals surface area (Å²) in [6, 6.07) is -0.825. The topological polar surface area (TPSA) is 175 Å². The van der Waals surface area contributed by atoms with Crippen LogP contribution in [-0.4, -0.2) is 100 Å². The predicted molar refractivity (Wildman–Crippen MR) is 407 cm³/mol. The molecule has 1 rings (SSSR count). The van der Waals surface area contributed by atoms with Gasteiger partial charge in [-0.1, -0.05) is 377 Å². The molecule has 11 heteroatoms. The van der Waals surface area contributed by atoms with Crippen LogP contribution in [0.3, 0.4) is 0 Å². The minimum absolute atomic E-state index is 0.0195. The first-order valence-electron chi connectivity index (χ1n) is 41.9. The molecule has 1 amide bonds. The first-order chi connectivity index (χ1) is 47.2. The third kappa shape index (κ3) is 61.5. The van der Waals surface area contributed by atoms with Crippen LogP contribution in [0.4, 0.5) is 0 Å². The second-order valence-electron chi connectivity index (χ2n) is 29.2. The number of esters is 1. The van der Waals surface area contributed by atoms with Gasteiger partial charge < -0.3 is 45.1 Å². The van der Waals surface area contributed by atoms with E-state index in [0.29, 0.717) is 19.4 Å². The Kier molecular flexibility index (Phi) is 70.5. The van der Waals surface area contributed by atoms with Crippen molar-refractivity contribution in [3.8, 4) is 0 Å². The van der Waals surface area contributed by atoms with Gasteiger partial charge in [-0.05, 0) is 77.0 Å². The summed E-state index contributed by atoms with van der Waals surface area (Å²) in [4.78, 5) is 25.2. The second-order valence-corrected chi connectivity index (χ2v) is 29.2. The van der Waals surface area contributed by atoms with Crippen LogP contribution in [0.1, 0.15) is 418 Å². The van der Waals surface area contributed by atoms with Crippen molar-refractivity contribution in [1.82, 2.24) is 5.32 Å². The van der Waals surface area contributed by atoms with Crippen molar-refractivity contribution >= 4 is 11.9 Å². The molecule has 7 atom stereocenters. The molecule has 564 valence electrons. The number of aliphatic hydroxyl groups excluding tert-OH is 5. The molecule has 1 fully saturated rings. The fourth-order valence-electron chi connectivity index (χ4n) is 13.4. The van der Waals surface area contributed by atoms with E-state index in [1.807, 2.05) is 6.08 Å². The summed E-state index contributed by atoms with van der Waals surface area (Å²) < 4.78 is 16.8. The largest absolute Gasteiger partial charge is 0.466 e. The van der Waals surface area contributed by atoms with Crippen LogP contribution in [0.5, 0.6) is 0 Å². The average molecular weight is 1360 g/mol. The van der Waals surface area contributed by atoms with Crippen LogP contribution < -0.4 is 5.32 Å². The molecule has 1 heterocycles. The first kappa shape index (κ1) is 91.6. The summed E-state index contributed by atoms with van der Waals surface area (Å²) in [7, 11) is 0. The van der Waals surface area contributed by atoms with Crippen molar-refractivity contribution in [2.45, 2.75) is 461 Å². The highest BCUT2D eigenvalue weighted by Gasteiger charge is 2.44. The molecule has 1 aliphatic heterocycles. The van der Waals surface area contributed by atoms with E-state index in [0.717, 1.165) is 57.8 Å². The van der Waals surface area contributed by atoms with Crippen LogP contribution >= 0.6 is 0 Å². The minimum Gasteiger partial charge on any atom is -0.466 e. The molecule has 1 aliphatic rings. The van der Waals surface area contributed by atoms with Crippen molar-refractivity contribution in [3.63, 3.8) is 0 Å². The highest BCUT2D eigenvalue weighted by molar-refractivity contribution is 5.76. The number of nitrogens with one attached hydrogen (secondary N) is 1. The maximum atomic E-state index is 13.1. The van der Waals surface area contributed by atoms with Crippen molar-refractivity contribution in [2.24, 2.45) is 0 Å². The summed E-state index contributed by atoms with van der Waals surface area (Å²) >= 11 is 0. The zero-order chi connectivity index (χ0) is 69.4. The van der Waals surface area contributed by atoms with Gasteiger partial charge in [-0.15, -0.1) is 0 Å². The van der Waals surface area contributed by atoms with E-state index in [4.69, 9.17) is 14.2 Å². The minimum atomic E-state index is -1.58. The summed E-state index contributed by atoms with van der Waals surface area (Å²) in [5, 5.41) is 54.4. The summed E-state index contributed by atoms with van der Waals surface area (Å²) in [6.45, 7) is 4.36. The molecule has 7 unspecified atom stereocenters. The molecule has 0 aliphatic carbocycles. The van der Waals surface area contributed by atoms with Gasteiger partial charge in [-0.3, -0.25) is 9.59 Å². The molecule has 0 bridgehead atoms. The first-order valence-corrected chi connectivity index (χ1v) is 41.9. The molecule has 0 saturated carbocycles. The van der Waals surface area contributed by atoms with Gasteiger partial charge in [0.25, 0.3) is 0 Å². The number of unbranched alkanes of at least 4 members (excludes halogenated alkanes) is 55. The molecule has 0 radical (unpaired) electrons. The van der Waals surface area contributed by atoms with Gasteiger partial charge in [0.15, 0.2) is 6.29 Å². The average Bonchev–Trinajstić information content (AvgIpc) is 0.855. The third-order valence-corrected chi connectivity index (χ3v) is 19.9. The Bertz CT molecular complexity index is 1740. The third-order valence-electron chi connectivity index (χ3n) is 19.9. The Hall–Kier alpha value is -2.38. The molecule has 1 saturated heterocycles. The van der Waals surface area contributed by atoms with Crippen LogP contribution in [0.2, 0.25) is 0 Å². The second kappa shape index (κ2) is 73.8. The van der Waals surface area contributed by atoms with E-state index in [2.05, 4.69) is 55.6 Å². The van der Waals surface area contributed by atoms with Crippen molar-refractivity contribution in [1.29, 1.82) is 0 Å². The Balaban J connectivity index is 1.87. The number of carbonyl (C=O) groups is 2. The summed E-state index contributed by atoms with van der Waals surface area (Å²) in [5.74, 6) is -0.169. The molecule has 0 aromatic carbocycles.